The average Bonchev–Trinajstić information content (AvgIpc) is 3.27. The van der Waals surface area contributed by atoms with Crippen molar-refractivity contribution in [3.8, 4) is 5.88 Å². The third-order valence-electron chi connectivity index (χ3n) is 5.33. The summed E-state index contributed by atoms with van der Waals surface area (Å²) in [7, 11) is 1.61. The second-order valence-electron chi connectivity index (χ2n) is 7.61. The van der Waals surface area contributed by atoms with Crippen molar-refractivity contribution >= 4 is 11.9 Å². The standard InChI is InChI=1S/C23H30N4O4/c1-30-13-14-31-20-10-9-19(16-24-20)17-25-21(28)23(11-5-6-12-23)27-22(29)26-15-18-7-3-2-4-8-18/h2-4,7-10,16H,5-6,11-15,17H2,1H3,(H,25,28)(H2,26,27,29). The van der Waals surface area contributed by atoms with Crippen molar-refractivity contribution in [2.45, 2.75) is 44.3 Å². The van der Waals surface area contributed by atoms with Crippen molar-refractivity contribution in [2.75, 3.05) is 20.3 Å². The van der Waals surface area contributed by atoms with Gasteiger partial charge in [-0.2, -0.15) is 0 Å². The third kappa shape index (κ3) is 6.68. The average molecular weight is 427 g/mol. The van der Waals surface area contributed by atoms with Crippen LogP contribution in [0.1, 0.15) is 36.8 Å². The van der Waals surface area contributed by atoms with Crippen LogP contribution in [0.25, 0.3) is 0 Å². The van der Waals surface area contributed by atoms with Gasteiger partial charge in [-0.05, 0) is 24.0 Å². The molecule has 0 saturated heterocycles. The summed E-state index contributed by atoms with van der Waals surface area (Å²) in [6, 6.07) is 13.0. The van der Waals surface area contributed by atoms with Gasteiger partial charge in [0.2, 0.25) is 11.8 Å². The molecular weight excluding hydrogens is 396 g/mol. The number of benzene rings is 1. The van der Waals surface area contributed by atoms with Crippen LogP contribution in [0.4, 0.5) is 4.79 Å². The number of urea groups is 1. The highest BCUT2D eigenvalue weighted by molar-refractivity contribution is 5.91. The van der Waals surface area contributed by atoms with E-state index in [1.54, 1.807) is 19.4 Å². The quantitative estimate of drug-likeness (QED) is 0.507. The maximum Gasteiger partial charge on any atom is 0.315 e. The van der Waals surface area contributed by atoms with Gasteiger partial charge < -0.3 is 25.4 Å². The zero-order chi connectivity index (χ0) is 21.9. The van der Waals surface area contributed by atoms with Crippen LogP contribution in [0.5, 0.6) is 5.88 Å². The Kier molecular flexibility index (Phi) is 8.23. The number of rotatable bonds is 10. The molecule has 31 heavy (non-hydrogen) atoms. The first-order valence-corrected chi connectivity index (χ1v) is 10.6. The van der Waals surface area contributed by atoms with Gasteiger partial charge in [0.25, 0.3) is 0 Å². The predicted molar refractivity (Wildman–Crippen MR) is 116 cm³/mol. The fourth-order valence-corrected chi connectivity index (χ4v) is 3.61. The van der Waals surface area contributed by atoms with E-state index in [1.165, 1.54) is 0 Å². The molecule has 1 aliphatic rings. The molecule has 1 saturated carbocycles. The van der Waals surface area contributed by atoms with Gasteiger partial charge in [0.1, 0.15) is 12.1 Å². The van der Waals surface area contributed by atoms with Crippen LogP contribution in [0, 0.1) is 0 Å². The first kappa shape index (κ1) is 22.6. The van der Waals surface area contributed by atoms with Crippen molar-refractivity contribution in [3.05, 3.63) is 59.8 Å². The number of pyridine rings is 1. The molecule has 0 unspecified atom stereocenters. The van der Waals surface area contributed by atoms with Gasteiger partial charge in [-0.15, -0.1) is 0 Å². The molecular formula is C23H30N4O4. The number of amides is 3. The molecule has 3 rings (SSSR count). The van der Waals surface area contributed by atoms with E-state index in [2.05, 4.69) is 20.9 Å². The number of methoxy groups -OCH3 is 1. The SMILES string of the molecule is COCCOc1ccc(CNC(=O)C2(NC(=O)NCc3ccccc3)CCCC2)cn1. The summed E-state index contributed by atoms with van der Waals surface area (Å²) in [5.74, 6) is 0.344. The van der Waals surface area contributed by atoms with Gasteiger partial charge in [-0.1, -0.05) is 49.2 Å². The maximum atomic E-state index is 13.0. The topological polar surface area (TPSA) is 102 Å². The van der Waals surface area contributed by atoms with Gasteiger partial charge in [0.15, 0.2) is 0 Å². The maximum absolute atomic E-state index is 13.0. The summed E-state index contributed by atoms with van der Waals surface area (Å²) >= 11 is 0. The molecule has 1 aromatic heterocycles. The Bertz CT molecular complexity index is 836. The molecule has 3 amide bonds. The molecule has 8 nitrogen and oxygen atoms in total. The molecule has 166 valence electrons. The van der Waals surface area contributed by atoms with Crippen molar-refractivity contribution in [2.24, 2.45) is 0 Å². The lowest BCUT2D eigenvalue weighted by Gasteiger charge is -2.29. The van der Waals surface area contributed by atoms with Crippen LogP contribution in [0.3, 0.4) is 0 Å². The van der Waals surface area contributed by atoms with E-state index < -0.39 is 5.54 Å². The lowest BCUT2D eigenvalue weighted by atomic mass is 9.96. The molecule has 1 aliphatic carbocycles. The van der Waals surface area contributed by atoms with Gasteiger partial charge in [-0.25, -0.2) is 9.78 Å². The molecule has 0 bridgehead atoms. The van der Waals surface area contributed by atoms with Crippen LogP contribution >= 0.6 is 0 Å². The Morgan fingerprint density at radius 1 is 0.968 bits per heavy atom. The number of ether oxygens (including phenoxy) is 2. The second-order valence-corrected chi connectivity index (χ2v) is 7.61. The monoisotopic (exact) mass is 426 g/mol. The number of aromatic nitrogens is 1. The zero-order valence-corrected chi connectivity index (χ0v) is 17.9. The highest BCUT2D eigenvalue weighted by atomic mass is 16.5. The van der Waals surface area contributed by atoms with Gasteiger partial charge in [-0.3, -0.25) is 4.79 Å². The Balaban J connectivity index is 1.50. The number of carbonyl (C=O) groups excluding carboxylic acids is 2. The number of nitrogens with one attached hydrogen (secondary N) is 3. The summed E-state index contributed by atoms with van der Waals surface area (Å²) in [5, 5.41) is 8.72. The molecule has 3 N–H and O–H groups in total. The van der Waals surface area contributed by atoms with Crippen molar-refractivity contribution < 1.29 is 19.1 Å². The van der Waals surface area contributed by atoms with E-state index in [-0.39, 0.29) is 11.9 Å². The predicted octanol–water partition coefficient (Wildman–Crippen LogP) is 2.54. The van der Waals surface area contributed by atoms with Crippen LogP contribution < -0.4 is 20.7 Å². The van der Waals surface area contributed by atoms with E-state index >= 15 is 0 Å². The fourth-order valence-electron chi connectivity index (χ4n) is 3.61. The summed E-state index contributed by atoms with van der Waals surface area (Å²) in [6.07, 6.45) is 4.73. The Labute approximate surface area is 182 Å². The molecule has 0 radical (unpaired) electrons. The van der Waals surface area contributed by atoms with Crippen LogP contribution in [-0.4, -0.2) is 42.8 Å². The molecule has 1 fully saturated rings. The van der Waals surface area contributed by atoms with Crippen LogP contribution in [0.2, 0.25) is 0 Å². The van der Waals surface area contributed by atoms with Crippen molar-refractivity contribution in [1.82, 2.24) is 20.9 Å². The summed E-state index contributed by atoms with van der Waals surface area (Å²) in [4.78, 5) is 29.7. The first-order valence-electron chi connectivity index (χ1n) is 10.6. The normalized spacial score (nSPS) is 14.6. The Morgan fingerprint density at radius 3 is 2.39 bits per heavy atom. The minimum Gasteiger partial charge on any atom is -0.475 e. The van der Waals surface area contributed by atoms with Gasteiger partial charge in [0.05, 0.1) is 6.61 Å². The number of hydrogen-bond acceptors (Lipinski definition) is 5. The minimum atomic E-state index is -0.878. The Hall–Kier alpha value is -3.13. The van der Waals surface area contributed by atoms with Gasteiger partial charge >= 0.3 is 6.03 Å². The number of nitrogens with zero attached hydrogens (tertiary/aromatic N) is 1. The van der Waals surface area contributed by atoms with E-state index in [4.69, 9.17) is 9.47 Å². The zero-order valence-electron chi connectivity index (χ0n) is 17.9. The van der Waals surface area contributed by atoms with Crippen molar-refractivity contribution in [3.63, 3.8) is 0 Å². The number of hydrogen-bond donors (Lipinski definition) is 3. The smallest absolute Gasteiger partial charge is 0.315 e. The molecule has 0 atom stereocenters. The minimum absolute atomic E-state index is 0.166. The molecule has 1 aromatic carbocycles. The summed E-state index contributed by atoms with van der Waals surface area (Å²) in [6.45, 7) is 1.67. The fraction of sp³-hybridized carbons (Fsp3) is 0.435. The largest absolute Gasteiger partial charge is 0.475 e. The second kappa shape index (κ2) is 11.3. The number of carbonyl (C=O) groups is 2. The van der Waals surface area contributed by atoms with E-state index in [9.17, 15) is 9.59 Å². The van der Waals surface area contributed by atoms with E-state index in [0.29, 0.717) is 45.0 Å². The first-order chi connectivity index (χ1) is 15.1. The Morgan fingerprint density at radius 2 is 1.71 bits per heavy atom. The lowest BCUT2D eigenvalue weighted by molar-refractivity contribution is -0.127. The molecule has 2 aromatic rings. The molecule has 8 heteroatoms. The summed E-state index contributed by atoms with van der Waals surface area (Å²) < 4.78 is 10.4. The highest BCUT2D eigenvalue weighted by Crippen LogP contribution is 2.30. The lowest BCUT2D eigenvalue weighted by Crippen LogP contribution is -2.59. The molecule has 0 aliphatic heterocycles. The highest BCUT2D eigenvalue weighted by Gasteiger charge is 2.42. The van der Waals surface area contributed by atoms with Crippen molar-refractivity contribution in [1.29, 1.82) is 0 Å². The molecule has 1 heterocycles. The van der Waals surface area contributed by atoms with Crippen LogP contribution in [-0.2, 0) is 22.6 Å². The summed E-state index contributed by atoms with van der Waals surface area (Å²) in [5.41, 5.74) is 0.982. The van der Waals surface area contributed by atoms with E-state index in [1.807, 2.05) is 36.4 Å². The van der Waals surface area contributed by atoms with E-state index in [0.717, 1.165) is 24.0 Å². The third-order valence-corrected chi connectivity index (χ3v) is 5.33. The molecule has 0 spiro atoms. The van der Waals surface area contributed by atoms with Crippen LogP contribution in [0.15, 0.2) is 48.7 Å². The van der Waals surface area contributed by atoms with Gasteiger partial charge in [0, 0.05) is 32.5 Å².